The van der Waals surface area contributed by atoms with Crippen LogP contribution in [0.1, 0.15) is 17.8 Å². The van der Waals surface area contributed by atoms with Crippen LogP contribution in [-0.4, -0.2) is 24.4 Å². The summed E-state index contributed by atoms with van der Waals surface area (Å²) >= 11 is 1.70. The lowest BCUT2D eigenvalue weighted by Gasteiger charge is -2.23. The van der Waals surface area contributed by atoms with Gasteiger partial charge in [0, 0.05) is 10.9 Å². The van der Waals surface area contributed by atoms with Gasteiger partial charge in [0.15, 0.2) is 0 Å². The fourth-order valence-corrected chi connectivity index (χ4v) is 2.76. The summed E-state index contributed by atoms with van der Waals surface area (Å²) in [7, 11) is 1.94. The van der Waals surface area contributed by atoms with Gasteiger partial charge >= 0.3 is 0 Å². The zero-order valence-electron chi connectivity index (χ0n) is 11.7. The molecular formula is C15H19N3OS. The van der Waals surface area contributed by atoms with E-state index in [1.165, 1.54) is 4.88 Å². The molecule has 0 bridgehead atoms. The number of anilines is 2. The number of benzene rings is 1. The van der Waals surface area contributed by atoms with Gasteiger partial charge in [-0.05, 0) is 37.6 Å². The lowest BCUT2D eigenvalue weighted by atomic mass is 10.2. The molecule has 3 N–H and O–H groups in total. The quantitative estimate of drug-likeness (QED) is 0.832. The highest BCUT2D eigenvalue weighted by Gasteiger charge is 2.16. The van der Waals surface area contributed by atoms with Gasteiger partial charge in [0.05, 0.1) is 17.9 Å². The molecule has 1 unspecified atom stereocenters. The number of nitrogens with two attached hydrogens (primary N) is 1. The van der Waals surface area contributed by atoms with Gasteiger partial charge in [-0.25, -0.2) is 0 Å². The molecule has 0 aliphatic heterocycles. The van der Waals surface area contributed by atoms with Crippen LogP contribution in [-0.2, 0) is 4.79 Å². The van der Waals surface area contributed by atoms with E-state index >= 15 is 0 Å². The Morgan fingerprint density at radius 2 is 2.10 bits per heavy atom. The lowest BCUT2D eigenvalue weighted by Crippen LogP contribution is -2.32. The predicted molar refractivity (Wildman–Crippen MR) is 84.8 cm³/mol. The van der Waals surface area contributed by atoms with Crippen molar-refractivity contribution >= 4 is 28.6 Å². The number of amides is 1. The van der Waals surface area contributed by atoms with Crippen LogP contribution < -0.4 is 11.1 Å². The van der Waals surface area contributed by atoms with E-state index in [0.717, 1.165) is 0 Å². The fourth-order valence-electron chi connectivity index (χ4n) is 1.91. The topological polar surface area (TPSA) is 58.4 Å². The average molecular weight is 289 g/mol. The van der Waals surface area contributed by atoms with Gasteiger partial charge in [0.25, 0.3) is 0 Å². The number of nitrogens with one attached hydrogen (secondary N) is 1. The molecule has 1 atom stereocenters. The van der Waals surface area contributed by atoms with Crippen molar-refractivity contribution in [1.82, 2.24) is 4.90 Å². The second-order valence-corrected chi connectivity index (χ2v) is 5.72. The number of hydrogen-bond acceptors (Lipinski definition) is 4. The largest absolute Gasteiger partial charge is 0.397 e. The maximum absolute atomic E-state index is 12.0. The average Bonchev–Trinajstić information content (AvgIpc) is 2.94. The van der Waals surface area contributed by atoms with Crippen molar-refractivity contribution in [2.24, 2.45) is 0 Å². The van der Waals surface area contributed by atoms with Crippen LogP contribution in [0.5, 0.6) is 0 Å². The molecule has 0 aliphatic rings. The number of hydrogen-bond donors (Lipinski definition) is 2. The van der Waals surface area contributed by atoms with E-state index in [0.29, 0.717) is 17.9 Å². The number of nitrogen functional groups attached to an aromatic ring is 1. The number of thiophene rings is 1. The Labute approximate surface area is 123 Å². The van der Waals surface area contributed by atoms with Crippen molar-refractivity contribution in [3.05, 3.63) is 46.7 Å². The minimum Gasteiger partial charge on any atom is -0.397 e. The molecule has 0 aliphatic carbocycles. The Hall–Kier alpha value is -1.85. The number of nitrogens with zero attached hydrogens (tertiary/aromatic N) is 1. The number of carbonyl (C=O) groups is 1. The normalized spacial score (nSPS) is 12.3. The Balaban J connectivity index is 1.93. The molecule has 1 amide bonds. The summed E-state index contributed by atoms with van der Waals surface area (Å²) in [5.74, 6) is -0.0613. The minimum atomic E-state index is -0.0613. The molecule has 4 nitrogen and oxygen atoms in total. The van der Waals surface area contributed by atoms with Crippen LogP contribution in [0, 0.1) is 0 Å². The van der Waals surface area contributed by atoms with E-state index in [9.17, 15) is 4.79 Å². The summed E-state index contributed by atoms with van der Waals surface area (Å²) in [5.41, 5.74) is 7.05. The summed E-state index contributed by atoms with van der Waals surface area (Å²) in [5, 5.41) is 4.89. The first-order valence-electron chi connectivity index (χ1n) is 6.46. The Kier molecular flexibility index (Phi) is 4.76. The highest BCUT2D eigenvalue weighted by Crippen LogP contribution is 2.23. The van der Waals surface area contributed by atoms with Crippen molar-refractivity contribution in [2.45, 2.75) is 13.0 Å². The molecular weight excluding hydrogens is 270 g/mol. The van der Waals surface area contributed by atoms with Crippen molar-refractivity contribution in [3.63, 3.8) is 0 Å². The Morgan fingerprint density at radius 3 is 2.75 bits per heavy atom. The molecule has 0 saturated heterocycles. The van der Waals surface area contributed by atoms with Crippen molar-refractivity contribution in [1.29, 1.82) is 0 Å². The summed E-state index contributed by atoms with van der Waals surface area (Å²) in [6.07, 6.45) is 0. The van der Waals surface area contributed by atoms with Crippen molar-refractivity contribution < 1.29 is 4.79 Å². The number of rotatable bonds is 5. The van der Waals surface area contributed by atoms with E-state index in [4.69, 9.17) is 5.73 Å². The van der Waals surface area contributed by atoms with E-state index in [1.54, 1.807) is 23.5 Å². The molecule has 1 aromatic carbocycles. The highest BCUT2D eigenvalue weighted by molar-refractivity contribution is 7.10. The van der Waals surface area contributed by atoms with Crippen LogP contribution in [0.4, 0.5) is 11.4 Å². The predicted octanol–water partition coefficient (Wildman–Crippen LogP) is 2.96. The minimum absolute atomic E-state index is 0.0613. The smallest absolute Gasteiger partial charge is 0.238 e. The van der Waals surface area contributed by atoms with Crippen LogP contribution in [0.3, 0.4) is 0 Å². The zero-order chi connectivity index (χ0) is 14.5. The number of para-hydroxylation sites is 2. The third kappa shape index (κ3) is 3.59. The molecule has 0 spiro atoms. The molecule has 20 heavy (non-hydrogen) atoms. The standard InChI is InChI=1S/C15H19N3OS/c1-11(14-8-5-9-20-14)18(2)10-15(19)17-13-7-4-3-6-12(13)16/h3-9,11H,10,16H2,1-2H3,(H,17,19). The third-order valence-electron chi connectivity index (χ3n) is 3.24. The molecule has 0 radical (unpaired) electrons. The molecule has 2 rings (SSSR count). The lowest BCUT2D eigenvalue weighted by molar-refractivity contribution is -0.117. The Bertz CT molecular complexity index is 568. The first-order chi connectivity index (χ1) is 9.58. The molecule has 2 aromatic rings. The van der Waals surface area contributed by atoms with Crippen LogP contribution in [0.25, 0.3) is 0 Å². The zero-order valence-corrected chi connectivity index (χ0v) is 12.5. The molecule has 0 fully saturated rings. The molecule has 1 heterocycles. The maximum atomic E-state index is 12.0. The van der Waals surface area contributed by atoms with Gasteiger partial charge in [0.1, 0.15) is 0 Å². The van der Waals surface area contributed by atoms with E-state index in [-0.39, 0.29) is 11.9 Å². The van der Waals surface area contributed by atoms with E-state index in [1.807, 2.05) is 35.5 Å². The van der Waals surface area contributed by atoms with Crippen molar-refractivity contribution in [3.8, 4) is 0 Å². The monoisotopic (exact) mass is 289 g/mol. The Morgan fingerprint density at radius 1 is 1.35 bits per heavy atom. The second kappa shape index (κ2) is 6.54. The SMILES string of the molecule is CC(c1cccs1)N(C)CC(=O)Nc1ccccc1N. The molecule has 106 valence electrons. The van der Waals surface area contributed by atoms with Crippen LogP contribution in [0.15, 0.2) is 41.8 Å². The molecule has 1 aromatic heterocycles. The first-order valence-corrected chi connectivity index (χ1v) is 7.34. The van der Waals surface area contributed by atoms with E-state index < -0.39 is 0 Å². The van der Waals surface area contributed by atoms with Gasteiger partial charge in [0.2, 0.25) is 5.91 Å². The van der Waals surface area contributed by atoms with Gasteiger partial charge in [-0.15, -0.1) is 11.3 Å². The van der Waals surface area contributed by atoms with Crippen molar-refractivity contribution in [2.75, 3.05) is 24.6 Å². The summed E-state index contributed by atoms with van der Waals surface area (Å²) in [4.78, 5) is 15.3. The van der Waals surface area contributed by atoms with Gasteiger partial charge in [-0.3, -0.25) is 9.69 Å². The van der Waals surface area contributed by atoms with Gasteiger partial charge < -0.3 is 11.1 Å². The summed E-state index contributed by atoms with van der Waals surface area (Å²) in [6.45, 7) is 2.42. The fraction of sp³-hybridized carbons (Fsp3) is 0.267. The summed E-state index contributed by atoms with van der Waals surface area (Å²) < 4.78 is 0. The van der Waals surface area contributed by atoms with Gasteiger partial charge in [-0.2, -0.15) is 0 Å². The van der Waals surface area contributed by atoms with Crippen LogP contribution >= 0.6 is 11.3 Å². The highest BCUT2D eigenvalue weighted by atomic mass is 32.1. The van der Waals surface area contributed by atoms with Gasteiger partial charge in [-0.1, -0.05) is 18.2 Å². The van der Waals surface area contributed by atoms with Crippen LogP contribution in [0.2, 0.25) is 0 Å². The van der Waals surface area contributed by atoms with E-state index in [2.05, 4.69) is 18.3 Å². The second-order valence-electron chi connectivity index (χ2n) is 4.74. The number of likely N-dealkylation sites (N-methyl/N-ethyl adjacent to an activating group) is 1. The summed E-state index contributed by atoms with van der Waals surface area (Å²) in [6, 6.07) is 11.6. The maximum Gasteiger partial charge on any atom is 0.238 e. The molecule has 0 saturated carbocycles. The number of carbonyl (C=O) groups excluding carboxylic acids is 1. The first kappa shape index (κ1) is 14.6. The molecule has 5 heteroatoms. The third-order valence-corrected chi connectivity index (χ3v) is 4.29.